The molecule has 1 aromatic heterocycles. The largest absolute Gasteiger partial charge is 0.496 e. The molecule has 6 heterocycles. The molecule has 1 spiro atoms. The number of methoxy groups -OCH3 is 3. The first-order valence-corrected chi connectivity index (χ1v) is 22.4. The van der Waals surface area contributed by atoms with Crippen LogP contribution in [0.5, 0.6) is 5.75 Å². The molecule has 5 aliphatic heterocycles. The van der Waals surface area contributed by atoms with Crippen LogP contribution in [0.4, 0.5) is 5.69 Å². The van der Waals surface area contributed by atoms with E-state index in [-0.39, 0.29) is 17.9 Å². The fraction of sp³-hybridized carbons (Fsp3) is 0.533. The summed E-state index contributed by atoms with van der Waals surface area (Å²) in [5.74, 6) is -1.31. The van der Waals surface area contributed by atoms with E-state index < -0.39 is 56.3 Å². The van der Waals surface area contributed by atoms with E-state index in [0.717, 1.165) is 52.9 Å². The van der Waals surface area contributed by atoms with Crippen LogP contribution in [0.25, 0.3) is 10.9 Å². The smallest absolute Gasteiger partial charge is 0.394 e. The summed E-state index contributed by atoms with van der Waals surface area (Å²) in [6, 6.07) is 11.2. The first-order valence-electron chi connectivity index (χ1n) is 21.0. The standard InChI is InChI=1S/C45H54N4O8.H2O4S/c1-8-27-19-28-22-44(40(51)55-6,36-30(25-48(23-27)24-28)29-13-10-11-14-33(29)46-36)32-20-31-34(21-35(32)54-5)47(4)38-43(31)16-18-49-17-12-15-42(9-2,37(43)49)39(57-26(3)50)45(38,53)41(52)56-7;1-5(2,3)4/h10-15,19-21,28,37-39,46,53H,8-9,16-18,22-25H2,1-7H3;(H2,1,2,3,4)/t28?,37-,38+,39+,42+,43+,44-,45-;/m0./s1. The summed E-state index contributed by atoms with van der Waals surface area (Å²) in [7, 11) is 1.56. The van der Waals surface area contributed by atoms with Gasteiger partial charge in [-0.2, -0.15) is 8.42 Å². The molecule has 3 aromatic rings. The molecule has 17 heteroatoms. The number of para-hydroxylation sites is 1. The van der Waals surface area contributed by atoms with Gasteiger partial charge in [-0.1, -0.05) is 55.8 Å². The van der Waals surface area contributed by atoms with Crippen molar-refractivity contribution >= 4 is 44.9 Å². The lowest BCUT2D eigenvalue weighted by atomic mass is 9.47. The Morgan fingerprint density at radius 1 is 0.984 bits per heavy atom. The van der Waals surface area contributed by atoms with E-state index in [1.807, 2.05) is 37.1 Å². The minimum atomic E-state index is -4.67. The number of carbonyl (C=O) groups excluding carboxylic acids is 3. The maximum Gasteiger partial charge on any atom is 0.394 e. The van der Waals surface area contributed by atoms with Gasteiger partial charge < -0.3 is 33.9 Å². The van der Waals surface area contributed by atoms with Gasteiger partial charge in [0, 0.05) is 90.9 Å². The molecule has 9 rings (SSSR count). The molecule has 0 amide bonds. The Morgan fingerprint density at radius 3 is 2.34 bits per heavy atom. The summed E-state index contributed by atoms with van der Waals surface area (Å²) < 4.78 is 55.5. The molecule has 1 saturated carbocycles. The summed E-state index contributed by atoms with van der Waals surface area (Å²) in [4.78, 5) is 53.1. The topological polar surface area (TPSA) is 208 Å². The molecule has 1 aliphatic carbocycles. The van der Waals surface area contributed by atoms with E-state index >= 15 is 4.79 Å². The number of hydrogen-bond acceptors (Lipinski definition) is 13. The molecule has 2 bridgehead atoms. The normalized spacial score (nSPS) is 33.0. The van der Waals surface area contributed by atoms with Crippen molar-refractivity contribution in [3.05, 3.63) is 82.6 Å². The number of rotatable bonds is 7. The highest BCUT2D eigenvalue weighted by Crippen LogP contribution is 2.68. The van der Waals surface area contributed by atoms with Crippen molar-refractivity contribution in [3.63, 3.8) is 0 Å². The molecule has 1 saturated heterocycles. The van der Waals surface area contributed by atoms with Gasteiger partial charge in [0.05, 0.1) is 27.4 Å². The van der Waals surface area contributed by atoms with Gasteiger partial charge in [-0.05, 0) is 61.4 Å². The quantitative estimate of drug-likeness (QED) is 0.114. The van der Waals surface area contributed by atoms with Gasteiger partial charge in [0.15, 0.2) is 6.10 Å². The third-order valence-corrected chi connectivity index (χ3v) is 14.8. The fourth-order valence-electron chi connectivity index (χ4n) is 12.8. The Kier molecular flexibility index (Phi) is 11.0. The van der Waals surface area contributed by atoms with Crippen LogP contribution in [0.1, 0.15) is 68.8 Å². The molecule has 0 radical (unpaired) electrons. The van der Waals surface area contributed by atoms with E-state index in [1.165, 1.54) is 26.7 Å². The zero-order valence-electron chi connectivity index (χ0n) is 36.1. The van der Waals surface area contributed by atoms with Crippen LogP contribution in [-0.2, 0) is 56.4 Å². The van der Waals surface area contributed by atoms with Crippen molar-refractivity contribution in [1.29, 1.82) is 0 Å². The van der Waals surface area contributed by atoms with Gasteiger partial charge in [0.2, 0.25) is 5.60 Å². The van der Waals surface area contributed by atoms with E-state index in [4.69, 9.17) is 36.5 Å². The van der Waals surface area contributed by atoms with E-state index in [1.54, 1.807) is 7.11 Å². The average molecular weight is 877 g/mol. The SMILES string of the molecule is CCC1=CC2CN(C1)Cc1c([nH]c3ccccc13)[C@@](C(=O)OC)(c1cc3c(cc1OC)N(C)[C@H]1[C@@](O)(C(=O)OC)[C@H](OC(C)=O)[C@]4(CC)C=CCN5CC[C@]31[C@@H]54)C2.O=S(=O)(O)O. The van der Waals surface area contributed by atoms with Crippen molar-refractivity contribution in [3.8, 4) is 5.75 Å². The van der Waals surface area contributed by atoms with Crippen LogP contribution in [-0.4, -0.2) is 134 Å². The number of hydrogen-bond donors (Lipinski definition) is 4. The Hall–Kier alpha value is -4.78. The molecule has 9 atom stereocenters. The lowest BCUT2D eigenvalue weighted by molar-refractivity contribution is -0.228. The van der Waals surface area contributed by atoms with Crippen LogP contribution in [0.2, 0.25) is 0 Å². The number of aliphatic hydroxyl groups is 1. The monoisotopic (exact) mass is 876 g/mol. The maximum atomic E-state index is 15.2. The van der Waals surface area contributed by atoms with Gasteiger partial charge in [-0.25, -0.2) is 4.79 Å². The summed E-state index contributed by atoms with van der Waals surface area (Å²) in [5.41, 5.74) is 1.05. The maximum absolute atomic E-state index is 15.2. The van der Waals surface area contributed by atoms with Gasteiger partial charge >= 0.3 is 28.3 Å². The Balaban J connectivity index is 0.00000100. The first kappa shape index (κ1) is 43.9. The summed E-state index contributed by atoms with van der Waals surface area (Å²) in [5, 5.41) is 14.4. The number of likely N-dealkylation sites (N-methyl/N-ethyl adjacent to an activating group) is 1. The molecule has 62 heavy (non-hydrogen) atoms. The number of nitrogens with zero attached hydrogens (tertiary/aromatic N) is 3. The van der Waals surface area contributed by atoms with E-state index in [0.29, 0.717) is 50.2 Å². The Morgan fingerprint density at radius 2 is 1.69 bits per heavy atom. The second-order valence-corrected chi connectivity index (χ2v) is 18.5. The minimum absolute atomic E-state index is 0.0284. The van der Waals surface area contributed by atoms with Gasteiger partial charge in [0.25, 0.3) is 0 Å². The second kappa shape index (κ2) is 15.5. The molecular weight excluding hydrogens is 821 g/mol. The van der Waals surface area contributed by atoms with Crippen molar-refractivity contribution < 1.29 is 56.0 Å². The number of aromatic nitrogens is 1. The number of nitrogens with one attached hydrogen (secondary N) is 1. The van der Waals surface area contributed by atoms with Gasteiger partial charge in [-0.15, -0.1) is 0 Å². The zero-order valence-corrected chi connectivity index (χ0v) is 37.0. The van der Waals surface area contributed by atoms with Crippen LogP contribution >= 0.6 is 0 Å². The molecule has 16 nitrogen and oxygen atoms in total. The highest BCUT2D eigenvalue weighted by atomic mass is 32.3. The molecular formula is C45H56N4O12S. The van der Waals surface area contributed by atoms with Gasteiger partial charge in [-0.3, -0.25) is 28.5 Å². The fourth-order valence-corrected chi connectivity index (χ4v) is 12.8. The third-order valence-electron chi connectivity index (χ3n) is 14.8. The van der Waals surface area contributed by atoms with Crippen molar-refractivity contribution in [2.24, 2.45) is 11.3 Å². The number of esters is 3. The van der Waals surface area contributed by atoms with Crippen molar-refractivity contribution in [1.82, 2.24) is 14.8 Å². The molecule has 334 valence electrons. The van der Waals surface area contributed by atoms with Crippen molar-refractivity contribution in [2.75, 3.05) is 59.5 Å². The molecule has 6 aliphatic rings. The summed E-state index contributed by atoms with van der Waals surface area (Å²) >= 11 is 0. The number of aromatic amines is 1. The molecule has 2 aromatic carbocycles. The van der Waals surface area contributed by atoms with Crippen LogP contribution in [0, 0.1) is 11.3 Å². The first-order chi connectivity index (χ1) is 29.4. The lowest BCUT2D eigenvalue weighted by Crippen LogP contribution is -2.81. The number of anilines is 1. The number of fused-ring (bicyclic) bond motifs is 6. The van der Waals surface area contributed by atoms with E-state index in [9.17, 15) is 14.7 Å². The van der Waals surface area contributed by atoms with Crippen molar-refractivity contribution in [2.45, 2.75) is 87.6 Å². The number of carbonyl (C=O) groups is 3. The molecule has 2 fully saturated rings. The predicted molar refractivity (Wildman–Crippen MR) is 228 cm³/mol. The third kappa shape index (κ3) is 6.25. The Labute approximate surface area is 361 Å². The minimum Gasteiger partial charge on any atom is -0.496 e. The molecule has 2 unspecified atom stereocenters. The second-order valence-electron chi connectivity index (χ2n) is 17.6. The van der Waals surface area contributed by atoms with E-state index in [2.05, 4.69) is 58.1 Å². The highest BCUT2D eigenvalue weighted by molar-refractivity contribution is 7.79. The summed E-state index contributed by atoms with van der Waals surface area (Å²) in [6.07, 6.45) is 7.67. The van der Waals surface area contributed by atoms with Crippen LogP contribution in [0.3, 0.4) is 0 Å². The lowest BCUT2D eigenvalue weighted by Gasteiger charge is -2.63. The zero-order chi connectivity index (χ0) is 44.7. The van der Waals surface area contributed by atoms with Gasteiger partial charge in [0.1, 0.15) is 11.2 Å². The predicted octanol–water partition coefficient (Wildman–Crippen LogP) is 4.10. The molecule has 4 N–H and O–H groups in total. The summed E-state index contributed by atoms with van der Waals surface area (Å²) in [6.45, 7) is 9.19. The number of H-pyrrole nitrogens is 1. The number of benzene rings is 2. The Bertz CT molecular complexity index is 2500. The highest BCUT2D eigenvalue weighted by Gasteiger charge is 2.80. The number of ether oxygens (including phenoxy) is 4. The van der Waals surface area contributed by atoms with Crippen LogP contribution < -0.4 is 9.64 Å². The van der Waals surface area contributed by atoms with Crippen LogP contribution in [0.15, 0.2) is 60.2 Å². The average Bonchev–Trinajstić information content (AvgIpc) is 3.89.